The van der Waals surface area contributed by atoms with Crippen LogP contribution in [0.1, 0.15) is 49.3 Å². The van der Waals surface area contributed by atoms with Crippen LogP contribution < -0.4 is 4.90 Å². The number of rotatable bonds is 3. The van der Waals surface area contributed by atoms with Gasteiger partial charge in [-0.25, -0.2) is 15.0 Å². The van der Waals surface area contributed by atoms with Crippen molar-refractivity contribution in [3.05, 3.63) is 35.3 Å². The van der Waals surface area contributed by atoms with Gasteiger partial charge in [0.25, 0.3) is 0 Å². The Morgan fingerprint density at radius 3 is 2.62 bits per heavy atom. The lowest BCUT2D eigenvalue weighted by Crippen LogP contribution is -2.57. The van der Waals surface area contributed by atoms with Gasteiger partial charge in [-0.1, -0.05) is 13.8 Å². The standard InChI is InChI=1S/C20H30N6/c1-14(2)11-26-8-5-17-18(23-13-22-17)20(26)6-9-25(10-7-20)19-15(3)16(4)21-12-24-19/h12-14H,5-11H2,1-4H3,(H,22,23). The molecule has 0 atom stereocenters. The molecular formula is C20H30N6. The van der Waals surface area contributed by atoms with Gasteiger partial charge in [-0.05, 0) is 32.6 Å². The van der Waals surface area contributed by atoms with Gasteiger partial charge in [0.1, 0.15) is 12.1 Å². The van der Waals surface area contributed by atoms with Gasteiger partial charge in [-0.15, -0.1) is 0 Å². The second kappa shape index (κ2) is 6.65. The summed E-state index contributed by atoms with van der Waals surface area (Å²) in [5.41, 5.74) is 4.98. The van der Waals surface area contributed by atoms with Crippen LogP contribution in [0, 0.1) is 19.8 Å². The normalized spacial score (nSPS) is 20.0. The maximum absolute atomic E-state index is 4.78. The fourth-order valence-electron chi connectivity index (χ4n) is 4.72. The van der Waals surface area contributed by atoms with E-state index < -0.39 is 0 Å². The number of aromatic amines is 1. The van der Waals surface area contributed by atoms with Crippen molar-refractivity contribution in [3.63, 3.8) is 0 Å². The predicted molar refractivity (Wildman–Crippen MR) is 103 cm³/mol. The van der Waals surface area contributed by atoms with Gasteiger partial charge in [-0.3, -0.25) is 4.90 Å². The summed E-state index contributed by atoms with van der Waals surface area (Å²) in [5.74, 6) is 1.76. The molecule has 6 heteroatoms. The van der Waals surface area contributed by atoms with E-state index in [-0.39, 0.29) is 5.54 Å². The Morgan fingerprint density at radius 2 is 1.88 bits per heavy atom. The molecule has 2 aliphatic heterocycles. The molecule has 1 fully saturated rings. The third kappa shape index (κ3) is 2.80. The minimum absolute atomic E-state index is 0.0737. The van der Waals surface area contributed by atoms with E-state index in [1.807, 2.05) is 6.33 Å². The fraction of sp³-hybridized carbons (Fsp3) is 0.650. The monoisotopic (exact) mass is 354 g/mol. The first-order valence-electron chi connectivity index (χ1n) is 9.82. The lowest BCUT2D eigenvalue weighted by atomic mass is 9.78. The number of aromatic nitrogens is 4. The average Bonchev–Trinajstić information content (AvgIpc) is 3.10. The molecule has 0 amide bonds. The molecule has 0 aliphatic carbocycles. The number of hydrogen-bond donors (Lipinski definition) is 1. The summed E-state index contributed by atoms with van der Waals surface area (Å²) < 4.78 is 0. The largest absolute Gasteiger partial charge is 0.356 e. The average molecular weight is 355 g/mol. The zero-order chi connectivity index (χ0) is 18.3. The highest BCUT2D eigenvalue weighted by atomic mass is 15.3. The van der Waals surface area contributed by atoms with E-state index in [1.165, 1.54) is 17.0 Å². The Hall–Kier alpha value is -1.95. The molecule has 1 spiro atoms. The quantitative estimate of drug-likeness (QED) is 0.918. The highest BCUT2D eigenvalue weighted by Gasteiger charge is 2.46. The number of hydrogen-bond acceptors (Lipinski definition) is 5. The zero-order valence-electron chi connectivity index (χ0n) is 16.4. The molecule has 6 nitrogen and oxygen atoms in total. The van der Waals surface area contributed by atoms with E-state index in [2.05, 4.69) is 52.4 Å². The first-order chi connectivity index (χ1) is 12.5. The molecule has 2 aromatic rings. The lowest BCUT2D eigenvalue weighted by Gasteiger charge is -2.51. The van der Waals surface area contributed by atoms with Crippen LogP contribution in [-0.2, 0) is 12.0 Å². The Balaban J connectivity index is 1.62. The Morgan fingerprint density at radius 1 is 1.12 bits per heavy atom. The minimum atomic E-state index is 0.0737. The Kier molecular flexibility index (Phi) is 4.47. The molecule has 4 heterocycles. The molecule has 0 radical (unpaired) electrons. The third-order valence-electron chi connectivity index (χ3n) is 6.18. The summed E-state index contributed by atoms with van der Waals surface area (Å²) >= 11 is 0. The Bertz CT molecular complexity index is 772. The van der Waals surface area contributed by atoms with E-state index >= 15 is 0 Å². The van der Waals surface area contributed by atoms with Crippen molar-refractivity contribution in [3.8, 4) is 0 Å². The third-order valence-corrected chi connectivity index (χ3v) is 6.18. The summed E-state index contributed by atoms with van der Waals surface area (Å²) in [6.45, 7) is 13.1. The van der Waals surface area contributed by atoms with Crippen molar-refractivity contribution in [1.29, 1.82) is 0 Å². The van der Waals surface area contributed by atoms with Crippen LogP contribution in [0.3, 0.4) is 0 Å². The van der Waals surface area contributed by atoms with Crippen molar-refractivity contribution < 1.29 is 0 Å². The van der Waals surface area contributed by atoms with Gasteiger partial charge >= 0.3 is 0 Å². The van der Waals surface area contributed by atoms with Gasteiger partial charge in [0.15, 0.2) is 0 Å². The Labute approximate surface area is 156 Å². The van der Waals surface area contributed by atoms with E-state index in [0.29, 0.717) is 5.92 Å². The molecule has 0 saturated carbocycles. The number of nitrogens with one attached hydrogen (secondary N) is 1. The van der Waals surface area contributed by atoms with E-state index in [4.69, 9.17) is 4.98 Å². The molecular weight excluding hydrogens is 324 g/mol. The van der Waals surface area contributed by atoms with Crippen LogP contribution in [0.25, 0.3) is 0 Å². The molecule has 26 heavy (non-hydrogen) atoms. The minimum Gasteiger partial charge on any atom is -0.356 e. The summed E-state index contributed by atoms with van der Waals surface area (Å²) in [6, 6.07) is 0. The molecule has 2 aliphatic rings. The van der Waals surface area contributed by atoms with Crippen molar-refractivity contribution >= 4 is 5.82 Å². The topological polar surface area (TPSA) is 60.9 Å². The number of piperidine rings is 1. The summed E-state index contributed by atoms with van der Waals surface area (Å²) in [5, 5.41) is 0. The van der Waals surface area contributed by atoms with Crippen molar-refractivity contribution in [1.82, 2.24) is 24.8 Å². The number of anilines is 1. The first kappa shape index (κ1) is 17.5. The number of imidazole rings is 1. The molecule has 0 unspecified atom stereocenters. The van der Waals surface area contributed by atoms with E-state index in [9.17, 15) is 0 Å². The maximum atomic E-state index is 4.78. The van der Waals surface area contributed by atoms with Crippen LogP contribution in [0.5, 0.6) is 0 Å². The second-order valence-corrected chi connectivity index (χ2v) is 8.25. The van der Waals surface area contributed by atoms with Gasteiger partial charge in [0, 0.05) is 49.6 Å². The van der Waals surface area contributed by atoms with Crippen LogP contribution in [0.2, 0.25) is 0 Å². The van der Waals surface area contributed by atoms with Crippen LogP contribution >= 0.6 is 0 Å². The highest BCUT2D eigenvalue weighted by Crippen LogP contribution is 2.43. The fourth-order valence-corrected chi connectivity index (χ4v) is 4.72. The molecule has 0 bridgehead atoms. The molecule has 1 N–H and O–H groups in total. The number of aryl methyl sites for hydroxylation is 1. The molecule has 0 aromatic carbocycles. The molecule has 140 valence electrons. The summed E-state index contributed by atoms with van der Waals surface area (Å²) in [4.78, 5) is 22.2. The zero-order valence-corrected chi connectivity index (χ0v) is 16.4. The van der Waals surface area contributed by atoms with Gasteiger partial charge in [-0.2, -0.15) is 0 Å². The molecule has 4 rings (SSSR count). The second-order valence-electron chi connectivity index (χ2n) is 8.25. The summed E-state index contributed by atoms with van der Waals surface area (Å²) in [6.07, 6.45) is 6.85. The van der Waals surface area contributed by atoms with E-state index in [0.717, 1.165) is 57.0 Å². The van der Waals surface area contributed by atoms with Gasteiger partial charge < -0.3 is 9.88 Å². The number of nitrogens with zero attached hydrogens (tertiary/aromatic N) is 5. The first-order valence-corrected chi connectivity index (χ1v) is 9.82. The van der Waals surface area contributed by atoms with Crippen LogP contribution in [-0.4, -0.2) is 51.0 Å². The molecule has 2 aromatic heterocycles. The van der Waals surface area contributed by atoms with Crippen molar-refractivity contribution in [2.24, 2.45) is 5.92 Å². The van der Waals surface area contributed by atoms with Crippen LogP contribution in [0.15, 0.2) is 12.7 Å². The maximum Gasteiger partial charge on any atom is 0.135 e. The van der Waals surface area contributed by atoms with Crippen LogP contribution in [0.4, 0.5) is 5.82 Å². The number of H-pyrrole nitrogens is 1. The van der Waals surface area contributed by atoms with Gasteiger partial charge in [0.05, 0.1) is 17.6 Å². The summed E-state index contributed by atoms with van der Waals surface area (Å²) in [7, 11) is 0. The predicted octanol–water partition coefficient (Wildman–Crippen LogP) is 2.83. The van der Waals surface area contributed by atoms with E-state index in [1.54, 1.807) is 6.33 Å². The lowest BCUT2D eigenvalue weighted by molar-refractivity contribution is 0.0341. The SMILES string of the molecule is Cc1ncnc(N2CCC3(CC2)c2nc[nH]c2CCN3CC(C)C)c1C. The smallest absolute Gasteiger partial charge is 0.135 e. The number of fused-ring (bicyclic) bond motifs is 2. The molecule has 1 saturated heterocycles. The van der Waals surface area contributed by atoms with Gasteiger partial charge in [0.2, 0.25) is 0 Å². The van der Waals surface area contributed by atoms with Crippen molar-refractivity contribution in [2.45, 2.75) is 52.5 Å². The highest BCUT2D eigenvalue weighted by molar-refractivity contribution is 5.48. The van der Waals surface area contributed by atoms with Crippen molar-refractivity contribution in [2.75, 3.05) is 31.1 Å².